The Hall–Kier alpha value is -1.43. The van der Waals surface area contributed by atoms with Crippen molar-refractivity contribution in [1.29, 1.82) is 0 Å². The van der Waals surface area contributed by atoms with E-state index in [1.54, 1.807) is 26.5 Å². The van der Waals surface area contributed by atoms with Crippen LogP contribution in [0, 0.1) is 0 Å². The number of ether oxygens (including phenoxy) is 2. The van der Waals surface area contributed by atoms with Crippen LogP contribution < -0.4 is 9.47 Å². The monoisotopic (exact) mass is 428 g/mol. The molecule has 1 aromatic carbocycles. The Morgan fingerprint density at radius 1 is 1.12 bits per heavy atom. The first-order valence-electron chi connectivity index (χ1n) is 7.20. The van der Waals surface area contributed by atoms with Gasteiger partial charge in [-0.2, -0.15) is 0 Å². The summed E-state index contributed by atoms with van der Waals surface area (Å²) in [6.45, 7) is 2.04. The molecule has 0 aliphatic heterocycles. The van der Waals surface area contributed by atoms with Gasteiger partial charge < -0.3 is 14.5 Å². The van der Waals surface area contributed by atoms with Crippen LogP contribution in [0.5, 0.6) is 11.5 Å². The fraction of sp³-hybridized carbons (Fsp3) is 0.235. The molecule has 2 aromatic heterocycles. The van der Waals surface area contributed by atoms with E-state index in [-0.39, 0.29) is 5.92 Å². The fourth-order valence-electron chi connectivity index (χ4n) is 2.80. The van der Waals surface area contributed by atoms with E-state index in [4.69, 9.17) is 32.7 Å². The Balaban J connectivity index is 2.22. The largest absolute Gasteiger partial charge is 0.495 e. The van der Waals surface area contributed by atoms with Crippen LogP contribution in [0.3, 0.4) is 0 Å². The average Bonchev–Trinajstić information content (AvgIpc) is 2.98. The summed E-state index contributed by atoms with van der Waals surface area (Å²) in [6.07, 6.45) is 3.68. The van der Waals surface area contributed by atoms with E-state index in [1.807, 2.05) is 19.2 Å². The number of halogens is 3. The summed E-state index contributed by atoms with van der Waals surface area (Å²) >= 11 is 16.5. The SMILES string of the molecule is COc1cc(OC)c(Cl)c([C@@H](C)c2c[nH]c3ncc(Br)cc23)c1Cl. The molecule has 0 spiro atoms. The van der Waals surface area contributed by atoms with Crippen LogP contribution in [0.1, 0.15) is 24.0 Å². The maximum atomic E-state index is 6.54. The van der Waals surface area contributed by atoms with Crippen molar-refractivity contribution in [2.45, 2.75) is 12.8 Å². The van der Waals surface area contributed by atoms with Gasteiger partial charge >= 0.3 is 0 Å². The third kappa shape index (κ3) is 2.85. The second-order valence-electron chi connectivity index (χ2n) is 5.34. The number of rotatable bonds is 4. The molecule has 0 aliphatic carbocycles. The van der Waals surface area contributed by atoms with Gasteiger partial charge in [0.2, 0.25) is 0 Å². The van der Waals surface area contributed by atoms with Crippen molar-refractivity contribution in [3.8, 4) is 11.5 Å². The molecule has 0 saturated heterocycles. The van der Waals surface area contributed by atoms with Gasteiger partial charge in [-0.1, -0.05) is 30.1 Å². The van der Waals surface area contributed by atoms with E-state index >= 15 is 0 Å². The summed E-state index contributed by atoms with van der Waals surface area (Å²) in [4.78, 5) is 7.55. The molecule has 24 heavy (non-hydrogen) atoms. The minimum atomic E-state index is -0.0844. The molecule has 1 atom stereocenters. The minimum Gasteiger partial charge on any atom is -0.495 e. The number of methoxy groups -OCH3 is 2. The predicted molar refractivity (Wildman–Crippen MR) is 101 cm³/mol. The molecule has 1 N–H and O–H groups in total. The summed E-state index contributed by atoms with van der Waals surface area (Å²) in [6, 6.07) is 3.71. The molecule has 0 amide bonds. The Kier molecular flexibility index (Phi) is 4.95. The molecular formula is C17H15BrCl2N2O2. The van der Waals surface area contributed by atoms with E-state index in [1.165, 1.54) is 0 Å². The molecule has 0 unspecified atom stereocenters. The van der Waals surface area contributed by atoms with Crippen molar-refractivity contribution in [2.24, 2.45) is 0 Å². The Morgan fingerprint density at radius 2 is 1.75 bits per heavy atom. The normalized spacial score (nSPS) is 12.4. The van der Waals surface area contributed by atoms with E-state index in [2.05, 4.69) is 25.9 Å². The van der Waals surface area contributed by atoms with Gasteiger partial charge in [0.25, 0.3) is 0 Å². The molecule has 126 valence electrons. The zero-order valence-electron chi connectivity index (χ0n) is 13.3. The highest BCUT2D eigenvalue weighted by molar-refractivity contribution is 9.10. The third-order valence-electron chi connectivity index (χ3n) is 4.04. The Morgan fingerprint density at radius 3 is 2.33 bits per heavy atom. The van der Waals surface area contributed by atoms with Crippen molar-refractivity contribution in [3.05, 3.63) is 50.2 Å². The number of pyridine rings is 1. The summed E-state index contributed by atoms with van der Waals surface area (Å²) in [5.74, 6) is 0.969. The van der Waals surface area contributed by atoms with Crippen molar-refractivity contribution < 1.29 is 9.47 Å². The number of hydrogen-bond acceptors (Lipinski definition) is 3. The van der Waals surface area contributed by atoms with Crippen LogP contribution >= 0.6 is 39.1 Å². The second kappa shape index (κ2) is 6.82. The van der Waals surface area contributed by atoms with Gasteiger partial charge in [-0.05, 0) is 27.6 Å². The number of benzene rings is 1. The van der Waals surface area contributed by atoms with Crippen LogP contribution in [0.4, 0.5) is 0 Å². The topological polar surface area (TPSA) is 47.1 Å². The van der Waals surface area contributed by atoms with Crippen LogP contribution in [0.25, 0.3) is 11.0 Å². The fourth-order valence-corrected chi connectivity index (χ4v) is 3.96. The van der Waals surface area contributed by atoms with E-state index in [0.29, 0.717) is 21.5 Å². The molecular weight excluding hydrogens is 415 g/mol. The molecule has 7 heteroatoms. The summed E-state index contributed by atoms with van der Waals surface area (Å²) in [5.41, 5.74) is 2.61. The smallest absolute Gasteiger partial charge is 0.141 e. The number of fused-ring (bicyclic) bond motifs is 1. The summed E-state index contributed by atoms with van der Waals surface area (Å²) in [7, 11) is 3.13. The van der Waals surface area contributed by atoms with Crippen LogP contribution in [-0.4, -0.2) is 24.2 Å². The standard InChI is InChI=1S/C17H15BrCl2N2O2/c1-8(11-7-22-17-10(11)4-9(18)6-21-17)14-15(19)12(23-2)5-13(24-3)16(14)20/h4-8H,1-3H3,(H,21,22)/t8-/m0/s1. The van der Waals surface area contributed by atoms with Crippen molar-refractivity contribution >= 4 is 50.2 Å². The van der Waals surface area contributed by atoms with E-state index in [9.17, 15) is 0 Å². The lowest BCUT2D eigenvalue weighted by atomic mass is 9.92. The lowest BCUT2D eigenvalue weighted by molar-refractivity contribution is 0.393. The predicted octanol–water partition coefficient (Wildman–Crippen LogP) is 5.80. The average molecular weight is 430 g/mol. The molecule has 0 aliphatic rings. The summed E-state index contributed by atoms with van der Waals surface area (Å²) in [5, 5.41) is 1.96. The number of nitrogens with zero attached hydrogens (tertiary/aromatic N) is 1. The second-order valence-corrected chi connectivity index (χ2v) is 7.01. The van der Waals surface area contributed by atoms with E-state index in [0.717, 1.165) is 26.6 Å². The zero-order valence-corrected chi connectivity index (χ0v) is 16.4. The lowest BCUT2D eigenvalue weighted by Gasteiger charge is -2.19. The Bertz CT molecular complexity index is 883. The van der Waals surface area contributed by atoms with Gasteiger partial charge in [0.15, 0.2) is 0 Å². The van der Waals surface area contributed by atoms with Gasteiger partial charge in [-0.15, -0.1) is 0 Å². The first-order valence-corrected chi connectivity index (χ1v) is 8.75. The van der Waals surface area contributed by atoms with Gasteiger partial charge in [-0.3, -0.25) is 0 Å². The van der Waals surface area contributed by atoms with Crippen LogP contribution in [0.2, 0.25) is 10.0 Å². The number of H-pyrrole nitrogens is 1. The first-order chi connectivity index (χ1) is 11.5. The third-order valence-corrected chi connectivity index (χ3v) is 5.25. The van der Waals surface area contributed by atoms with Gasteiger partial charge in [0.1, 0.15) is 17.1 Å². The highest BCUT2D eigenvalue weighted by atomic mass is 79.9. The molecule has 2 heterocycles. The number of nitrogens with one attached hydrogen (secondary N) is 1. The molecule has 0 fully saturated rings. The summed E-state index contributed by atoms with van der Waals surface area (Å²) < 4.78 is 11.6. The maximum Gasteiger partial charge on any atom is 0.141 e. The van der Waals surface area contributed by atoms with Crippen molar-refractivity contribution in [3.63, 3.8) is 0 Å². The number of aromatic amines is 1. The lowest BCUT2D eigenvalue weighted by Crippen LogP contribution is -2.01. The molecule has 0 bridgehead atoms. The minimum absolute atomic E-state index is 0.0844. The molecule has 4 nitrogen and oxygen atoms in total. The molecule has 0 radical (unpaired) electrons. The van der Waals surface area contributed by atoms with Crippen molar-refractivity contribution in [2.75, 3.05) is 14.2 Å². The highest BCUT2D eigenvalue weighted by Gasteiger charge is 2.24. The quantitative estimate of drug-likeness (QED) is 0.569. The van der Waals surface area contributed by atoms with E-state index < -0.39 is 0 Å². The van der Waals surface area contributed by atoms with Gasteiger partial charge in [0, 0.05) is 39.8 Å². The molecule has 3 aromatic rings. The highest BCUT2D eigenvalue weighted by Crippen LogP contribution is 2.46. The zero-order chi connectivity index (χ0) is 17.4. The maximum absolute atomic E-state index is 6.54. The Labute approximate surface area is 158 Å². The molecule has 3 rings (SSSR count). The number of hydrogen-bond donors (Lipinski definition) is 1. The van der Waals surface area contributed by atoms with Crippen molar-refractivity contribution in [1.82, 2.24) is 9.97 Å². The van der Waals surface area contributed by atoms with Gasteiger partial charge in [-0.25, -0.2) is 4.98 Å². The van der Waals surface area contributed by atoms with Crippen LogP contribution in [-0.2, 0) is 0 Å². The first kappa shape index (κ1) is 17.4. The number of aromatic nitrogens is 2. The molecule has 0 saturated carbocycles. The van der Waals surface area contributed by atoms with Crippen LogP contribution in [0.15, 0.2) is 29.0 Å². The van der Waals surface area contributed by atoms with Gasteiger partial charge in [0.05, 0.1) is 24.3 Å².